The summed E-state index contributed by atoms with van der Waals surface area (Å²) in [6.07, 6.45) is 4.04. The Morgan fingerprint density at radius 1 is 1.21 bits per heavy atom. The van der Waals surface area contributed by atoms with Crippen molar-refractivity contribution in [2.45, 2.75) is 46.1 Å². The van der Waals surface area contributed by atoms with Gasteiger partial charge in [0.15, 0.2) is 0 Å². The van der Waals surface area contributed by atoms with Gasteiger partial charge in [-0.05, 0) is 57.7 Å². The first-order chi connectivity index (χ1) is 9.24. The average Bonchev–Trinajstić information content (AvgIpc) is 3.25. The van der Waals surface area contributed by atoms with E-state index in [1.54, 1.807) is 0 Å². The van der Waals surface area contributed by atoms with Crippen molar-refractivity contribution in [2.75, 3.05) is 24.5 Å². The van der Waals surface area contributed by atoms with E-state index in [9.17, 15) is 0 Å². The number of hydrogen-bond donors (Lipinski definition) is 1. The topological polar surface area (TPSA) is 15.3 Å². The number of hydrogen-bond acceptors (Lipinski definition) is 2. The maximum absolute atomic E-state index is 3.74. The number of benzene rings is 1. The van der Waals surface area contributed by atoms with Gasteiger partial charge in [-0.1, -0.05) is 24.6 Å². The highest BCUT2D eigenvalue weighted by Gasteiger charge is 2.31. The van der Waals surface area contributed by atoms with E-state index in [-0.39, 0.29) is 0 Å². The first kappa shape index (κ1) is 14.4. The molecule has 0 heterocycles. The van der Waals surface area contributed by atoms with Crippen LogP contribution in [0.1, 0.15) is 38.7 Å². The molecule has 1 unspecified atom stereocenters. The van der Waals surface area contributed by atoms with Gasteiger partial charge in [0.25, 0.3) is 0 Å². The standard InChI is InChI=1S/C17H28N2/c1-4-12-18-17(15-8-9-15)13-19(5-2)16-10-6-14(3)7-11-16/h6-7,10-11,15,17-18H,4-5,8-9,12-13H2,1-3H3. The summed E-state index contributed by atoms with van der Waals surface area (Å²) >= 11 is 0. The number of aryl methyl sites for hydroxylation is 1. The number of anilines is 1. The maximum Gasteiger partial charge on any atom is 0.0366 e. The highest BCUT2D eigenvalue weighted by atomic mass is 15.2. The van der Waals surface area contributed by atoms with Crippen molar-refractivity contribution in [3.63, 3.8) is 0 Å². The van der Waals surface area contributed by atoms with E-state index in [0.717, 1.165) is 25.6 Å². The molecule has 0 aromatic heterocycles. The molecule has 2 nitrogen and oxygen atoms in total. The zero-order valence-electron chi connectivity index (χ0n) is 12.7. The van der Waals surface area contributed by atoms with Gasteiger partial charge in [-0.3, -0.25) is 0 Å². The zero-order valence-corrected chi connectivity index (χ0v) is 12.7. The van der Waals surface area contributed by atoms with Gasteiger partial charge in [-0.15, -0.1) is 0 Å². The summed E-state index contributed by atoms with van der Waals surface area (Å²) in [5, 5.41) is 3.74. The van der Waals surface area contributed by atoms with Gasteiger partial charge in [-0.2, -0.15) is 0 Å². The minimum absolute atomic E-state index is 0.668. The molecule has 1 N–H and O–H groups in total. The number of nitrogens with zero attached hydrogens (tertiary/aromatic N) is 1. The Hall–Kier alpha value is -1.02. The van der Waals surface area contributed by atoms with Crippen LogP contribution in [0.5, 0.6) is 0 Å². The summed E-state index contributed by atoms with van der Waals surface area (Å²) in [6.45, 7) is 10.0. The molecule has 0 saturated heterocycles. The van der Waals surface area contributed by atoms with E-state index in [0.29, 0.717) is 6.04 Å². The zero-order chi connectivity index (χ0) is 13.7. The highest BCUT2D eigenvalue weighted by Crippen LogP contribution is 2.33. The molecule has 1 fully saturated rings. The molecule has 1 aromatic carbocycles. The maximum atomic E-state index is 3.74. The molecular formula is C17H28N2. The molecule has 2 rings (SSSR count). The second-order valence-electron chi connectivity index (χ2n) is 5.77. The first-order valence-corrected chi connectivity index (χ1v) is 7.79. The fourth-order valence-corrected chi connectivity index (χ4v) is 2.62. The predicted molar refractivity (Wildman–Crippen MR) is 83.9 cm³/mol. The first-order valence-electron chi connectivity index (χ1n) is 7.79. The van der Waals surface area contributed by atoms with Crippen molar-refractivity contribution >= 4 is 5.69 Å². The fourth-order valence-electron chi connectivity index (χ4n) is 2.62. The molecule has 0 spiro atoms. The molecule has 0 radical (unpaired) electrons. The van der Waals surface area contributed by atoms with Crippen molar-refractivity contribution in [1.29, 1.82) is 0 Å². The molecule has 1 atom stereocenters. The summed E-state index contributed by atoms with van der Waals surface area (Å²) in [6, 6.07) is 9.60. The third kappa shape index (κ3) is 4.24. The number of nitrogens with one attached hydrogen (secondary N) is 1. The fraction of sp³-hybridized carbons (Fsp3) is 0.647. The molecule has 1 aliphatic carbocycles. The lowest BCUT2D eigenvalue weighted by Gasteiger charge is -2.29. The van der Waals surface area contributed by atoms with E-state index in [4.69, 9.17) is 0 Å². The van der Waals surface area contributed by atoms with Crippen LogP contribution in [-0.2, 0) is 0 Å². The molecule has 106 valence electrons. The van der Waals surface area contributed by atoms with Gasteiger partial charge in [-0.25, -0.2) is 0 Å². The Bertz CT molecular complexity index is 367. The molecule has 1 aromatic rings. The average molecular weight is 260 g/mol. The monoisotopic (exact) mass is 260 g/mol. The van der Waals surface area contributed by atoms with E-state index in [1.165, 1.54) is 30.5 Å². The van der Waals surface area contributed by atoms with Crippen LogP contribution < -0.4 is 10.2 Å². The van der Waals surface area contributed by atoms with Crippen molar-refractivity contribution < 1.29 is 0 Å². The van der Waals surface area contributed by atoms with E-state index in [1.807, 2.05) is 0 Å². The molecule has 0 bridgehead atoms. The summed E-state index contributed by atoms with van der Waals surface area (Å²) in [7, 11) is 0. The van der Waals surface area contributed by atoms with Crippen LogP contribution >= 0.6 is 0 Å². The summed E-state index contributed by atoms with van der Waals surface area (Å²) in [5.41, 5.74) is 2.69. The lowest BCUT2D eigenvalue weighted by molar-refractivity contribution is 0.458. The Balaban J connectivity index is 1.97. The summed E-state index contributed by atoms with van der Waals surface area (Å²) < 4.78 is 0. The van der Waals surface area contributed by atoms with Crippen molar-refractivity contribution in [1.82, 2.24) is 5.32 Å². The van der Waals surface area contributed by atoms with Crippen LogP contribution in [0.4, 0.5) is 5.69 Å². The van der Waals surface area contributed by atoms with Gasteiger partial charge >= 0.3 is 0 Å². The highest BCUT2D eigenvalue weighted by molar-refractivity contribution is 5.47. The van der Waals surface area contributed by atoms with Gasteiger partial charge < -0.3 is 10.2 Å². The molecule has 1 saturated carbocycles. The van der Waals surface area contributed by atoms with Crippen LogP contribution in [0.3, 0.4) is 0 Å². The number of likely N-dealkylation sites (N-methyl/N-ethyl adjacent to an activating group) is 1. The van der Waals surface area contributed by atoms with Crippen LogP contribution in [0.15, 0.2) is 24.3 Å². The Labute approximate surface area is 118 Å². The molecule has 1 aliphatic rings. The van der Waals surface area contributed by atoms with E-state index >= 15 is 0 Å². The van der Waals surface area contributed by atoms with E-state index < -0.39 is 0 Å². The Morgan fingerprint density at radius 2 is 1.89 bits per heavy atom. The molecular weight excluding hydrogens is 232 g/mol. The third-order valence-corrected chi connectivity index (χ3v) is 4.05. The molecule has 2 heteroatoms. The Kier molecular flexibility index (Phi) is 5.26. The number of rotatable bonds is 8. The minimum Gasteiger partial charge on any atom is -0.370 e. The van der Waals surface area contributed by atoms with Crippen LogP contribution in [-0.4, -0.2) is 25.7 Å². The van der Waals surface area contributed by atoms with Crippen molar-refractivity contribution in [2.24, 2.45) is 5.92 Å². The largest absolute Gasteiger partial charge is 0.370 e. The Morgan fingerprint density at radius 3 is 2.42 bits per heavy atom. The van der Waals surface area contributed by atoms with Crippen LogP contribution in [0, 0.1) is 12.8 Å². The lowest BCUT2D eigenvalue weighted by atomic mass is 10.1. The molecule has 0 aliphatic heterocycles. The SMILES string of the molecule is CCCNC(CN(CC)c1ccc(C)cc1)C1CC1. The van der Waals surface area contributed by atoms with Crippen LogP contribution in [0.25, 0.3) is 0 Å². The smallest absolute Gasteiger partial charge is 0.0366 e. The van der Waals surface area contributed by atoms with Gasteiger partial charge in [0.1, 0.15) is 0 Å². The van der Waals surface area contributed by atoms with Gasteiger partial charge in [0.05, 0.1) is 0 Å². The van der Waals surface area contributed by atoms with Crippen molar-refractivity contribution in [3.05, 3.63) is 29.8 Å². The molecule has 0 amide bonds. The normalized spacial score (nSPS) is 16.4. The second kappa shape index (κ2) is 6.95. The van der Waals surface area contributed by atoms with Gasteiger partial charge in [0.2, 0.25) is 0 Å². The van der Waals surface area contributed by atoms with Crippen molar-refractivity contribution in [3.8, 4) is 0 Å². The van der Waals surface area contributed by atoms with Crippen LogP contribution in [0.2, 0.25) is 0 Å². The predicted octanol–water partition coefficient (Wildman–Crippen LogP) is 3.60. The minimum atomic E-state index is 0.668. The molecule has 19 heavy (non-hydrogen) atoms. The second-order valence-corrected chi connectivity index (χ2v) is 5.77. The van der Waals surface area contributed by atoms with Gasteiger partial charge in [0, 0.05) is 24.8 Å². The summed E-state index contributed by atoms with van der Waals surface area (Å²) in [4.78, 5) is 2.51. The lowest BCUT2D eigenvalue weighted by Crippen LogP contribution is -2.43. The quantitative estimate of drug-likeness (QED) is 0.768. The summed E-state index contributed by atoms with van der Waals surface area (Å²) in [5.74, 6) is 0.908. The third-order valence-electron chi connectivity index (χ3n) is 4.05. The van der Waals surface area contributed by atoms with E-state index in [2.05, 4.69) is 55.3 Å².